The van der Waals surface area contributed by atoms with Gasteiger partial charge in [0.1, 0.15) is 11.8 Å². The Morgan fingerprint density at radius 1 is 1.37 bits per heavy atom. The third kappa shape index (κ3) is 3.15. The van der Waals surface area contributed by atoms with Crippen molar-refractivity contribution in [2.45, 2.75) is 6.04 Å². The average molecular weight is 302 g/mol. The van der Waals surface area contributed by atoms with Crippen molar-refractivity contribution < 1.29 is 14.7 Å². The number of aromatic hydroxyl groups is 1. The second-order valence-corrected chi connectivity index (χ2v) is 4.66. The Morgan fingerprint density at radius 3 is 2.79 bits per heavy atom. The number of hydrogen-bond acceptors (Lipinski definition) is 4. The molecular weight excluding hydrogens is 293 g/mol. The quantitative estimate of drug-likeness (QED) is 0.720. The Labute approximate surface area is 118 Å². The van der Waals surface area contributed by atoms with Gasteiger partial charge in [0.05, 0.1) is 11.6 Å². The Bertz CT molecular complexity index is 575. The highest BCUT2D eigenvalue weighted by Gasteiger charge is 2.24. The van der Waals surface area contributed by atoms with Crippen LogP contribution in [0.3, 0.4) is 0 Å². The number of carbonyl (C=O) groups is 2. The first kappa shape index (κ1) is 13.6. The van der Waals surface area contributed by atoms with E-state index in [1.807, 2.05) is 0 Å². The van der Waals surface area contributed by atoms with Gasteiger partial charge in [0.15, 0.2) is 0 Å². The van der Waals surface area contributed by atoms with Gasteiger partial charge in [-0.3, -0.25) is 15.1 Å². The van der Waals surface area contributed by atoms with Crippen molar-refractivity contribution in [2.24, 2.45) is 4.99 Å². The van der Waals surface area contributed by atoms with Crippen LogP contribution in [0.15, 0.2) is 17.1 Å². The topological polar surface area (TPSA) is 90.8 Å². The number of carbonyl (C=O) groups excluding carboxylic acids is 2. The van der Waals surface area contributed by atoms with Gasteiger partial charge in [0.25, 0.3) is 5.91 Å². The molecule has 0 bridgehead atoms. The fraction of sp³-hybridized carbons (Fsp3) is 0.182. The van der Waals surface area contributed by atoms with Crippen LogP contribution in [0.2, 0.25) is 10.0 Å². The number of phenols is 1. The smallest absolute Gasteiger partial charge is 0.321 e. The number of amides is 3. The van der Waals surface area contributed by atoms with Crippen LogP contribution in [0.5, 0.6) is 5.75 Å². The maximum Gasteiger partial charge on any atom is 0.321 e. The Hall–Kier alpha value is -1.79. The summed E-state index contributed by atoms with van der Waals surface area (Å²) in [5.41, 5.74) is 0.294. The van der Waals surface area contributed by atoms with Gasteiger partial charge in [0.2, 0.25) is 0 Å². The average Bonchev–Trinajstić information content (AvgIpc) is 2.33. The maximum atomic E-state index is 11.4. The highest BCUT2D eigenvalue weighted by molar-refractivity contribution is 6.36. The largest absolute Gasteiger partial charge is 0.506 e. The molecule has 0 aliphatic carbocycles. The van der Waals surface area contributed by atoms with Crippen LogP contribution in [0.1, 0.15) is 5.56 Å². The number of hydrogen-bond donors (Lipinski definition) is 3. The van der Waals surface area contributed by atoms with E-state index in [1.54, 1.807) is 0 Å². The molecule has 0 aromatic heterocycles. The second-order valence-electron chi connectivity index (χ2n) is 3.82. The fourth-order valence-corrected chi connectivity index (χ4v) is 2.01. The van der Waals surface area contributed by atoms with E-state index in [0.717, 1.165) is 0 Å². The summed E-state index contributed by atoms with van der Waals surface area (Å²) >= 11 is 11.6. The summed E-state index contributed by atoms with van der Waals surface area (Å²) in [5, 5.41) is 14.7. The molecule has 2 rings (SSSR count). The zero-order valence-electron chi connectivity index (χ0n) is 9.48. The van der Waals surface area contributed by atoms with Crippen LogP contribution in [0.25, 0.3) is 0 Å². The maximum absolute atomic E-state index is 11.4. The number of phenolic OH excluding ortho intramolecular Hbond substituents is 1. The first-order valence-corrected chi connectivity index (χ1v) is 6.03. The van der Waals surface area contributed by atoms with Gasteiger partial charge in [-0.25, -0.2) is 4.79 Å². The highest BCUT2D eigenvalue weighted by atomic mass is 35.5. The van der Waals surface area contributed by atoms with E-state index in [1.165, 1.54) is 18.3 Å². The molecule has 1 atom stereocenters. The van der Waals surface area contributed by atoms with Gasteiger partial charge < -0.3 is 10.4 Å². The highest BCUT2D eigenvalue weighted by Crippen LogP contribution is 2.30. The molecule has 1 heterocycles. The molecule has 0 spiro atoms. The summed E-state index contributed by atoms with van der Waals surface area (Å²) in [6, 6.07) is 1.55. The van der Waals surface area contributed by atoms with Gasteiger partial charge in [-0.1, -0.05) is 23.2 Å². The third-order valence-corrected chi connectivity index (χ3v) is 2.95. The van der Waals surface area contributed by atoms with Crippen LogP contribution < -0.4 is 10.6 Å². The summed E-state index contributed by atoms with van der Waals surface area (Å²) in [5.74, 6) is -0.678. The summed E-state index contributed by atoms with van der Waals surface area (Å²) in [7, 11) is 0. The minimum Gasteiger partial charge on any atom is -0.506 e. The van der Waals surface area contributed by atoms with Crippen molar-refractivity contribution in [3.63, 3.8) is 0 Å². The normalized spacial score (nSPS) is 19.4. The van der Waals surface area contributed by atoms with E-state index in [-0.39, 0.29) is 17.3 Å². The summed E-state index contributed by atoms with van der Waals surface area (Å²) in [6.07, 6.45) is 1.29. The molecule has 1 aromatic rings. The molecule has 1 aliphatic heterocycles. The summed E-state index contributed by atoms with van der Waals surface area (Å²) in [6.45, 7) is 0.0935. The van der Waals surface area contributed by atoms with Crippen molar-refractivity contribution in [1.29, 1.82) is 0 Å². The number of benzene rings is 1. The van der Waals surface area contributed by atoms with E-state index in [2.05, 4.69) is 15.6 Å². The number of aliphatic imine (C=N–C) groups is 1. The van der Waals surface area contributed by atoms with Crippen LogP contribution in [0.4, 0.5) is 4.79 Å². The molecule has 8 heteroatoms. The molecule has 1 aromatic carbocycles. The Balaban J connectivity index is 2.19. The zero-order chi connectivity index (χ0) is 14.0. The number of nitrogens with zero attached hydrogens (tertiary/aromatic N) is 1. The minimum atomic E-state index is -0.755. The standard InChI is InChI=1S/C11H9Cl2N3O3/c12-6-1-5(9(17)7(13)2-6)3-14-8-4-15-11(19)16-10(8)18/h1-3,8,17H,4H2,(H2,15,16,18,19). The molecule has 1 unspecified atom stereocenters. The molecular formula is C11H9Cl2N3O3. The number of nitrogens with one attached hydrogen (secondary N) is 2. The molecule has 1 aliphatic rings. The van der Waals surface area contributed by atoms with Crippen molar-refractivity contribution >= 4 is 41.4 Å². The van der Waals surface area contributed by atoms with Crippen LogP contribution >= 0.6 is 23.2 Å². The van der Waals surface area contributed by atoms with Gasteiger partial charge in [-0.2, -0.15) is 0 Å². The van der Waals surface area contributed by atoms with Crippen LogP contribution in [-0.2, 0) is 4.79 Å². The van der Waals surface area contributed by atoms with Gasteiger partial charge >= 0.3 is 6.03 Å². The van der Waals surface area contributed by atoms with E-state index in [9.17, 15) is 14.7 Å². The molecule has 3 N–H and O–H groups in total. The monoisotopic (exact) mass is 301 g/mol. The predicted octanol–water partition coefficient (Wildman–Crippen LogP) is 1.33. The van der Waals surface area contributed by atoms with Crippen molar-refractivity contribution in [3.05, 3.63) is 27.7 Å². The molecule has 0 saturated carbocycles. The molecule has 19 heavy (non-hydrogen) atoms. The van der Waals surface area contributed by atoms with Crippen molar-refractivity contribution in [3.8, 4) is 5.75 Å². The lowest BCUT2D eigenvalue weighted by Gasteiger charge is -2.18. The predicted molar refractivity (Wildman–Crippen MR) is 71.1 cm³/mol. The minimum absolute atomic E-state index is 0.0929. The summed E-state index contributed by atoms with van der Waals surface area (Å²) in [4.78, 5) is 26.3. The summed E-state index contributed by atoms with van der Waals surface area (Å²) < 4.78 is 0. The zero-order valence-corrected chi connectivity index (χ0v) is 11.0. The van der Waals surface area contributed by atoms with Crippen molar-refractivity contribution in [1.82, 2.24) is 10.6 Å². The number of imide groups is 1. The van der Waals surface area contributed by atoms with E-state index in [4.69, 9.17) is 23.2 Å². The van der Waals surface area contributed by atoms with Gasteiger partial charge in [-0.05, 0) is 12.1 Å². The lowest BCUT2D eigenvalue weighted by molar-refractivity contribution is -0.121. The van der Waals surface area contributed by atoms with E-state index >= 15 is 0 Å². The van der Waals surface area contributed by atoms with Crippen LogP contribution in [-0.4, -0.2) is 35.8 Å². The molecule has 0 radical (unpaired) electrons. The first-order chi connectivity index (χ1) is 8.97. The Morgan fingerprint density at radius 2 is 2.11 bits per heavy atom. The Kier molecular flexibility index (Phi) is 3.92. The first-order valence-electron chi connectivity index (χ1n) is 5.27. The molecule has 100 valence electrons. The van der Waals surface area contributed by atoms with Crippen LogP contribution in [0, 0.1) is 0 Å². The van der Waals surface area contributed by atoms with Gasteiger partial charge in [-0.15, -0.1) is 0 Å². The molecule has 6 nitrogen and oxygen atoms in total. The SMILES string of the molecule is O=C1NCC(N=Cc2cc(Cl)cc(Cl)c2O)C(=O)N1. The lowest BCUT2D eigenvalue weighted by atomic mass is 10.2. The fourth-order valence-electron chi connectivity index (χ4n) is 1.50. The third-order valence-electron chi connectivity index (χ3n) is 2.45. The molecule has 3 amide bonds. The second kappa shape index (κ2) is 5.46. The number of urea groups is 1. The number of halogens is 2. The molecule has 1 saturated heterocycles. The van der Waals surface area contributed by atoms with E-state index < -0.39 is 18.0 Å². The number of rotatable bonds is 2. The van der Waals surface area contributed by atoms with Gasteiger partial charge in [0, 0.05) is 16.8 Å². The lowest BCUT2D eigenvalue weighted by Crippen LogP contribution is -2.54. The molecule has 1 fully saturated rings. The van der Waals surface area contributed by atoms with E-state index in [0.29, 0.717) is 10.6 Å². The van der Waals surface area contributed by atoms with Crippen molar-refractivity contribution in [2.75, 3.05) is 6.54 Å².